The summed E-state index contributed by atoms with van der Waals surface area (Å²) in [4.78, 5) is 0. The van der Waals surface area contributed by atoms with Gasteiger partial charge in [-0.1, -0.05) is 12.1 Å². The van der Waals surface area contributed by atoms with Gasteiger partial charge in [0.15, 0.2) is 0 Å². The van der Waals surface area contributed by atoms with Crippen LogP contribution in [0, 0.1) is 0 Å². The van der Waals surface area contributed by atoms with Crippen molar-refractivity contribution in [3.05, 3.63) is 24.3 Å². The molecule has 0 aliphatic rings. The molecule has 0 amide bonds. The van der Waals surface area contributed by atoms with E-state index < -0.39 is 0 Å². The fourth-order valence-electron chi connectivity index (χ4n) is 1.44. The van der Waals surface area contributed by atoms with E-state index in [9.17, 15) is 0 Å². The van der Waals surface area contributed by atoms with Gasteiger partial charge in [0.05, 0.1) is 18.7 Å². The summed E-state index contributed by atoms with van der Waals surface area (Å²) in [7, 11) is 0. The number of anilines is 1. The van der Waals surface area contributed by atoms with E-state index in [4.69, 9.17) is 10.5 Å². The van der Waals surface area contributed by atoms with Gasteiger partial charge in [0.25, 0.3) is 0 Å². The molecule has 0 bridgehead atoms. The molecule has 1 aromatic heterocycles. The van der Waals surface area contributed by atoms with Crippen molar-refractivity contribution in [3.8, 4) is 0 Å². The van der Waals surface area contributed by atoms with Gasteiger partial charge in [0.2, 0.25) is 0 Å². The van der Waals surface area contributed by atoms with Crippen LogP contribution in [-0.2, 0) is 4.74 Å². The molecule has 1 heterocycles. The lowest BCUT2D eigenvalue weighted by atomic mass is 10.2. The Labute approximate surface area is 98.6 Å². The lowest BCUT2D eigenvalue weighted by Crippen LogP contribution is -2.14. The summed E-state index contributed by atoms with van der Waals surface area (Å²) in [5.74, 6) is 0. The molecule has 5 heteroatoms. The minimum absolute atomic E-state index is 0.573. The number of fused-ring (bicyclic) bond motifs is 1. The van der Waals surface area contributed by atoms with E-state index in [-0.39, 0.29) is 0 Å². The molecule has 0 aliphatic carbocycles. The number of nitrogens with two attached hydrogens (primary N) is 1. The molecule has 0 saturated heterocycles. The van der Waals surface area contributed by atoms with Crippen molar-refractivity contribution in [2.75, 3.05) is 31.6 Å². The monoisotopic (exact) mass is 237 g/mol. The first kappa shape index (κ1) is 11.3. The minimum atomic E-state index is 0.573. The Morgan fingerprint density at radius 3 is 3.06 bits per heavy atom. The van der Waals surface area contributed by atoms with Gasteiger partial charge in [-0.05, 0) is 23.7 Å². The molecule has 0 aliphatic heterocycles. The maximum atomic E-state index is 5.33. The number of rotatable bonds is 6. The quantitative estimate of drug-likeness (QED) is 0.750. The molecule has 2 aromatic rings. The van der Waals surface area contributed by atoms with Crippen molar-refractivity contribution < 1.29 is 4.74 Å². The van der Waals surface area contributed by atoms with Crippen molar-refractivity contribution in [1.82, 2.24) is 4.37 Å². The molecular formula is C11H15N3OS. The first-order valence-electron chi connectivity index (χ1n) is 5.28. The van der Waals surface area contributed by atoms with Crippen LogP contribution < -0.4 is 11.1 Å². The Morgan fingerprint density at radius 1 is 1.31 bits per heavy atom. The van der Waals surface area contributed by atoms with Crippen LogP contribution in [0.4, 0.5) is 5.00 Å². The van der Waals surface area contributed by atoms with Gasteiger partial charge < -0.3 is 15.8 Å². The molecule has 0 radical (unpaired) electrons. The van der Waals surface area contributed by atoms with Gasteiger partial charge in [-0.3, -0.25) is 0 Å². The van der Waals surface area contributed by atoms with Crippen LogP contribution in [0.2, 0.25) is 0 Å². The van der Waals surface area contributed by atoms with Crippen molar-refractivity contribution in [2.45, 2.75) is 0 Å². The van der Waals surface area contributed by atoms with Gasteiger partial charge in [-0.2, -0.15) is 4.37 Å². The SMILES string of the molecule is NCCOCCNc1snc2ccccc12. The standard InChI is InChI=1S/C11H15N3OS/c12-5-7-15-8-6-13-11-9-3-1-2-4-10(9)14-16-11/h1-4,13H,5-8,12H2. The second-order valence-corrected chi connectivity index (χ2v) is 4.13. The minimum Gasteiger partial charge on any atom is -0.378 e. The summed E-state index contributed by atoms with van der Waals surface area (Å²) >= 11 is 1.49. The lowest BCUT2D eigenvalue weighted by molar-refractivity contribution is 0.152. The molecule has 4 nitrogen and oxygen atoms in total. The third kappa shape index (κ3) is 2.69. The molecule has 0 fully saturated rings. The van der Waals surface area contributed by atoms with Crippen molar-refractivity contribution >= 4 is 27.4 Å². The second kappa shape index (κ2) is 5.79. The normalized spacial score (nSPS) is 10.8. The van der Waals surface area contributed by atoms with Crippen LogP contribution >= 0.6 is 11.5 Å². The van der Waals surface area contributed by atoms with Crippen molar-refractivity contribution in [2.24, 2.45) is 5.73 Å². The molecule has 86 valence electrons. The smallest absolute Gasteiger partial charge is 0.117 e. The van der Waals surface area contributed by atoms with Crippen LogP contribution in [-0.4, -0.2) is 30.7 Å². The van der Waals surface area contributed by atoms with Crippen molar-refractivity contribution in [3.63, 3.8) is 0 Å². The largest absolute Gasteiger partial charge is 0.378 e. The first-order valence-corrected chi connectivity index (χ1v) is 6.05. The number of nitrogens with zero attached hydrogens (tertiary/aromatic N) is 1. The van der Waals surface area contributed by atoms with E-state index in [0.717, 1.165) is 17.1 Å². The average Bonchev–Trinajstić information content (AvgIpc) is 2.73. The number of nitrogens with one attached hydrogen (secondary N) is 1. The molecule has 0 unspecified atom stereocenters. The van der Waals surface area contributed by atoms with E-state index in [1.54, 1.807) is 0 Å². The van der Waals surface area contributed by atoms with Gasteiger partial charge in [-0.15, -0.1) is 0 Å². The first-order chi connectivity index (χ1) is 7.92. The fraction of sp³-hybridized carbons (Fsp3) is 0.364. The highest BCUT2D eigenvalue weighted by molar-refractivity contribution is 7.11. The molecule has 1 aromatic carbocycles. The maximum Gasteiger partial charge on any atom is 0.117 e. The highest BCUT2D eigenvalue weighted by Crippen LogP contribution is 2.26. The Morgan fingerprint density at radius 2 is 2.19 bits per heavy atom. The third-order valence-electron chi connectivity index (χ3n) is 2.18. The summed E-state index contributed by atoms with van der Waals surface area (Å²) in [6.45, 7) is 2.64. The number of aromatic nitrogens is 1. The Bertz CT molecular complexity index is 443. The lowest BCUT2D eigenvalue weighted by Gasteiger charge is -2.04. The van der Waals surface area contributed by atoms with E-state index >= 15 is 0 Å². The highest BCUT2D eigenvalue weighted by Gasteiger charge is 2.03. The number of benzene rings is 1. The molecule has 3 N–H and O–H groups in total. The number of ether oxygens (including phenoxy) is 1. The van der Waals surface area contributed by atoms with Crippen LogP contribution in [0.1, 0.15) is 0 Å². The Kier molecular flexibility index (Phi) is 4.10. The summed E-state index contributed by atoms with van der Waals surface area (Å²) in [6, 6.07) is 8.10. The van der Waals surface area contributed by atoms with Gasteiger partial charge in [0, 0.05) is 18.5 Å². The van der Waals surface area contributed by atoms with Crippen molar-refractivity contribution in [1.29, 1.82) is 0 Å². The molecule has 0 spiro atoms. The Balaban J connectivity index is 1.89. The second-order valence-electron chi connectivity index (χ2n) is 3.36. The zero-order valence-electron chi connectivity index (χ0n) is 8.98. The molecule has 16 heavy (non-hydrogen) atoms. The van der Waals surface area contributed by atoms with Crippen LogP contribution in [0.15, 0.2) is 24.3 Å². The number of hydrogen-bond donors (Lipinski definition) is 2. The van der Waals surface area contributed by atoms with Gasteiger partial charge in [0.1, 0.15) is 5.00 Å². The van der Waals surface area contributed by atoms with E-state index in [0.29, 0.717) is 19.8 Å². The van der Waals surface area contributed by atoms with Crippen LogP contribution in [0.25, 0.3) is 10.9 Å². The molecule has 0 saturated carbocycles. The maximum absolute atomic E-state index is 5.33. The predicted molar refractivity (Wildman–Crippen MR) is 68.0 cm³/mol. The molecular weight excluding hydrogens is 222 g/mol. The summed E-state index contributed by atoms with van der Waals surface area (Å²) in [6.07, 6.45) is 0. The molecule has 0 atom stereocenters. The van der Waals surface area contributed by atoms with Crippen LogP contribution in [0.5, 0.6) is 0 Å². The highest BCUT2D eigenvalue weighted by atomic mass is 32.1. The zero-order chi connectivity index (χ0) is 11.2. The van der Waals surface area contributed by atoms with Gasteiger partial charge >= 0.3 is 0 Å². The fourth-order valence-corrected chi connectivity index (χ4v) is 2.23. The predicted octanol–water partition coefficient (Wildman–Crippen LogP) is 1.68. The topological polar surface area (TPSA) is 60.2 Å². The number of hydrogen-bond acceptors (Lipinski definition) is 5. The zero-order valence-corrected chi connectivity index (χ0v) is 9.80. The van der Waals surface area contributed by atoms with E-state index in [2.05, 4.69) is 15.8 Å². The summed E-state index contributed by atoms with van der Waals surface area (Å²) in [5.41, 5.74) is 6.37. The van der Waals surface area contributed by atoms with Crippen LogP contribution in [0.3, 0.4) is 0 Å². The summed E-state index contributed by atoms with van der Waals surface area (Å²) in [5, 5.41) is 5.59. The molecule has 2 rings (SSSR count). The average molecular weight is 237 g/mol. The Hall–Kier alpha value is -1.17. The third-order valence-corrected chi connectivity index (χ3v) is 3.01. The van der Waals surface area contributed by atoms with Gasteiger partial charge in [-0.25, -0.2) is 0 Å². The van der Waals surface area contributed by atoms with E-state index in [1.807, 2.05) is 18.2 Å². The summed E-state index contributed by atoms with van der Waals surface area (Å²) < 4.78 is 9.64. The van der Waals surface area contributed by atoms with E-state index in [1.165, 1.54) is 16.9 Å².